The Labute approximate surface area is 197 Å². The highest BCUT2D eigenvalue weighted by Crippen LogP contribution is 2.43. The molecule has 0 bridgehead atoms. The van der Waals surface area contributed by atoms with Crippen LogP contribution in [-0.4, -0.2) is 23.7 Å². The smallest absolute Gasteiger partial charge is 0.395 e. The molecule has 8 heteroatoms. The van der Waals surface area contributed by atoms with Gasteiger partial charge in [0.15, 0.2) is 11.5 Å². The lowest BCUT2D eigenvalue weighted by Crippen LogP contribution is -2.35. The molecule has 1 aromatic heterocycles. The quantitative estimate of drug-likeness (QED) is 0.438. The van der Waals surface area contributed by atoms with Gasteiger partial charge in [-0.25, -0.2) is 4.98 Å². The number of aryl methyl sites for hydroxylation is 1. The van der Waals surface area contributed by atoms with E-state index < -0.39 is 11.7 Å². The van der Waals surface area contributed by atoms with E-state index in [9.17, 15) is 13.6 Å². The molecule has 0 unspecified atom stereocenters. The predicted octanol–water partition coefficient (Wildman–Crippen LogP) is 6.12. The fourth-order valence-electron chi connectivity index (χ4n) is 3.68. The minimum absolute atomic E-state index is 0.0644. The number of ether oxygens (including phenoxy) is 2. The van der Waals surface area contributed by atoms with Crippen molar-refractivity contribution in [3.8, 4) is 22.8 Å². The molecule has 0 atom stereocenters. The third kappa shape index (κ3) is 4.81. The van der Waals surface area contributed by atoms with Gasteiger partial charge in [0.05, 0.1) is 11.1 Å². The summed E-state index contributed by atoms with van der Waals surface area (Å²) >= 11 is 0. The maximum Gasteiger partial charge on any atom is 0.586 e. The van der Waals surface area contributed by atoms with Gasteiger partial charge in [-0.1, -0.05) is 31.2 Å². The Bertz CT molecular complexity index is 1230. The number of hydrogen-bond acceptors (Lipinski definition) is 5. The van der Waals surface area contributed by atoms with Crippen molar-refractivity contribution in [1.82, 2.24) is 4.98 Å². The first-order chi connectivity index (χ1) is 16.1. The SMILES string of the molecule is CCCNc1cccc(-c2nc(NC(=O)C(C)(C)c3ccc4c(c3)OC(F)(F)O4)ccc2C)c1. The van der Waals surface area contributed by atoms with Crippen molar-refractivity contribution in [2.24, 2.45) is 0 Å². The average Bonchev–Trinajstić information content (AvgIpc) is 3.12. The lowest BCUT2D eigenvalue weighted by atomic mass is 9.83. The van der Waals surface area contributed by atoms with Crippen LogP contribution < -0.4 is 20.1 Å². The van der Waals surface area contributed by atoms with Gasteiger partial charge in [0, 0.05) is 17.8 Å². The van der Waals surface area contributed by atoms with Crippen molar-refractivity contribution in [1.29, 1.82) is 0 Å². The molecule has 0 saturated carbocycles. The van der Waals surface area contributed by atoms with Gasteiger partial charge in [-0.2, -0.15) is 0 Å². The van der Waals surface area contributed by atoms with E-state index in [0.717, 1.165) is 35.5 Å². The number of hydrogen-bond donors (Lipinski definition) is 2. The number of carbonyl (C=O) groups is 1. The Hall–Kier alpha value is -3.68. The zero-order chi connectivity index (χ0) is 24.5. The summed E-state index contributed by atoms with van der Waals surface area (Å²) in [6.07, 6.45) is -2.69. The average molecular weight is 468 g/mol. The second-order valence-corrected chi connectivity index (χ2v) is 8.78. The highest BCUT2D eigenvalue weighted by Gasteiger charge is 2.44. The van der Waals surface area contributed by atoms with Gasteiger partial charge < -0.3 is 20.1 Å². The van der Waals surface area contributed by atoms with Crippen LogP contribution in [-0.2, 0) is 10.2 Å². The molecule has 178 valence electrons. The van der Waals surface area contributed by atoms with Gasteiger partial charge in [0.25, 0.3) is 0 Å². The number of benzene rings is 2. The molecular formula is C26H27F2N3O3. The summed E-state index contributed by atoms with van der Waals surface area (Å²) in [5.74, 6) is -0.0993. The molecule has 0 spiro atoms. The lowest BCUT2D eigenvalue weighted by Gasteiger charge is -2.24. The number of amides is 1. The summed E-state index contributed by atoms with van der Waals surface area (Å²) in [5, 5.41) is 6.23. The molecule has 1 amide bonds. The molecule has 1 aliphatic rings. The van der Waals surface area contributed by atoms with E-state index in [1.807, 2.05) is 37.3 Å². The van der Waals surface area contributed by atoms with E-state index in [4.69, 9.17) is 0 Å². The Kier molecular flexibility index (Phi) is 6.17. The zero-order valence-corrected chi connectivity index (χ0v) is 19.5. The Morgan fingerprint density at radius 3 is 2.59 bits per heavy atom. The summed E-state index contributed by atoms with van der Waals surface area (Å²) in [5.41, 5.74) is 3.14. The Morgan fingerprint density at radius 2 is 1.82 bits per heavy atom. The molecular weight excluding hydrogens is 440 g/mol. The number of nitrogens with zero attached hydrogens (tertiary/aromatic N) is 1. The maximum atomic E-state index is 13.4. The molecule has 34 heavy (non-hydrogen) atoms. The predicted molar refractivity (Wildman–Crippen MR) is 127 cm³/mol. The monoisotopic (exact) mass is 467 g/mol. The number of alkyl halides is 2. The van der Waals surface area contributed by atoms with Crippen molar-refractivity contribution < 1.29 is 23.0 Å². The number of anilines is 2. The molecule has 0 aliphatic carbocycles. The van der Waals surface area contributed by atoms with Crippen molar-refractivity contribution in [2.45, 2.75) is 45.8 Å². The summed E-state index contributed by atoms with van der Waals surface area (Å²) in [4.78, 5) is 17.9. The van der Waals surface area contributed by atoms with E-state index in [0.29, 0.717) is 11.4 Å². The number of carbonyl (C=O) groups excluding carboxylic acids is 1. The van der Waals surface area contributed by atoms with Crippen LogP contribution in [0.25, 0.3) is 11.3 Å². The van der Waals surface area contributed by atoms with Gasteiger partial charge in [0.1, 0.15) is 5.82 Å². The first-order valence-electron chi connectivity index (χ1n) is 11.1. The first kappa shape index (κ1) is 23.5. The second kappa shape index (κ2) is 8.93. The molecule has 6 nitrogen and oxygen atoms in total. The van der Waals surface area contributed by atoms with Crippen LogP contribution in [0.5, 0.6) is 11.5 Å². The van der Waals surface area contributed by atoms with Crippen LogP contribution >= 0.6 is 0 Å². The highest BCUT2D eigenvalue weighted by molar-refractivity contribution is 5.98. The number of rotatable bonds is 7. The van der Waals surface area contributed by atoms with Crippen LogP contribution in [0.15, 0.2) is 54.6 Å². The van der Waals surface area contributed by atoms with E-state index >= 15 is 0 Å². The van der Waals surface area contributed by atoms with Gasteiger partial charge in [-0.3, -0.25) is 4.79 Å². The summed E-state index contributed by atoms with van der Waals surface area (Å²) in [6.45, 7) is 8.35. The lowest BCUT2D eigenvalue weighted by molar-refractivity contribution is -0.286. The molecule has 2 heterocycles. The molecule has 0 saturated heterocycles. The van der Waals surface area contributed by atoms with Gasteiger partial charge in [0.2, 0.25) is 5.91 Å². The van der Waals surface area contributed by atoms with Gasteiger partial charge in [-0.15, -0.1) is 8.78 Å². The molecule has 2 aromatic carbocycles. The first-order valence-corrected chi connectivity index (χ1v) is 11.1. The Balaban J connectivity index is 1.56. The molecule has 3 aromatic rings. The molecule has 2 N–H and O–H groups in total. The van der Waals surface area contributed by atoms with Crippen molar-refractivity contribution in [2.75, 3.05) is 17.2 Å². The number of nitrogens with one attached hydrogen (secondary N) is 2. The van der Waals surface area contributed by atoms with Crippen LogP contribution in [0.4, 0.5) is 20.3 Å². The second-order valence-electron chi connectivity index (χ2n) is 8.78. The number of pyridine rings is 1. The standard InChI is InChI=1S/C26H27F2N3O3/c1-5-13-29-19-8-6-7-17(14-19)23-16(2)9-12-22(30-23)31-24(32)25(3,4)18-10-11-20-21(15-18)34-26(27,28)33-20/h6-12,14-15,29H,5,13H2,1-4H3,(H,30,31,32). The Morgan fingerprint density at radius 1 is 1.06 bits per heavy atom. The normalized spacial score (nSPS) is 14.1. The van der Waals surface area contributed by atoms with E-state index in [2.05, 4.69) is 32.0 Å². The summed E-state index contributed by atoms with van der Waals surface area (Å²) < 4.78 is 35.7. The van der Waals surface area contributed by atoms with E-state index in [1.165, 1.54) is 12.1 Å². The summed E-state index contributed by atoms with van der Waals surface area (Å²) in [7, 11) is 0. The van der Waals surface area contributed by atoms with Gasteiger partial charge >= 0.3 is 6.29 Å². The minimum atomic E-state index is -3.71. The van der Waals surface area contributed by atoms with Crippen LogP contribution in [0.1, 0.15) is 38.3 Å². The minimum Gasteiger partial charge on any atom is -0.395 e. The molecule has 4 rings (SSSR count). The van der Waals surface area contributed by atoms with Crippen molar-refractivity contribution in [3.63, 3.8) is 0 Å². The maximum absolute atomic E-state index is 13.4. The van der Waals surface area contributed by atoms with E-state index in [1.54, 1.807) is 26.0 Å². The van der Waals surface area contributed by atoms with Crippen LogP contribution in [0.2, 0.25) is 0 Å². The molecule has 0 fully saturated rings. The number of halogens is 2. The fourth-order valence-corrected chi connectivity index (χ4v) is 3.68. The van der Waals surface area contributed by atoms with E-state index in [-0.39, 0.29) is 17.4 Å². The molecule has 0 radical (unpaired) electrons. The largest absolute Gasteiger partial charge is 0.586 e. The number of fused-ring (bicyclic) bond motifs is 1. The summed E-state index contributed by atoms with van der Waals surface area (Å²) in [6, 6.07) is 16.0. The third-order valence-corrected chi connectivity index (χ3v) is 5.74. The van der Waals surface area contributed by atoms with Crippen molar-refractivity contribution in [3.05, 3.63) is 65.7 Å². The molecule has 1 aliphatic heterocycles. The highest BCUT2D eigenvalue weighted by atomic mass is 19.3. The topological polar surface area (TPSA) is 72.5 Å². The van der Waals surface area contributed by atoms with Crippen LogP contribution in [0, 0.1) is 6.92 Å². The van der Waals surface area contributed by atoms with Crippen molar-refractivity contribution >= 4 is 17.4 Å². The van der Waals surface area contributed by atoms with Crippen LogP contribution in [0.3, 0.4) is 0 Å². The fraction of sp³-hybridized carbons (Fsp3) is 0.308. The van der Waals surface area contributed by atoms with Gasteiger partial charge in [-0.05, 0) is 68.7 Å². The third-order valence-electron chi connectivity index (χ3n) is 5.74. The number of aromatic nitrogens is 1. The zero-order valence-electron chi connectivity index (χ0n) is 19.5.